The minimum absolute atomic E-state index is 0.0709. The summed E-state index contributed by atoms with van der Waals surface area (Å²) in [6.45, 7) is 0. The first-order chi connectivity index (χ1) is 9.63. The van der Waals surface area contributed by atoms with Crippen LogP contribution in [-0.2, 0) is 0 Å². The number of aromatic carboxylic acids is 1. The number of methoxy groups -OCH3 is 2. The monoisotopic (exact) mass is 274 g/mol. The molecule has 2 aromatic carbocycles. The lowest BCUT2D eigenvalue weighted by molar-refractivity contribution is 0.0694. The lowest BCUT2D eigenvalue weighted by Crippen LogP contribution is -2.00. The molecule has 0 aliphatic heterocycles. The van der Waals surface area contributed by atoms with Crippen molar-refractivity contribution in [3.63, 3.8) is 0 Å². The Labute approximate surface area is 116 Å². The number of rotatable bonds is 5. The van der Waals surface area contributed by atoms with Gasteiger partial charge in [0.1, 0.15) is 28.6 Å². The number of carboxylic acids is 1. The van der Waals surface area contributed by atoms with Crippen LogP contribution in [0.3, 0.4) is 0 Å². The second-order valence-electron chi connectivity index (χ2n) is 3.94. The number of benzene rings is 2. The van der Waals surface area contributed by atoms with Crippen molar-refractivity contribution in [2.45, 2.75) is 0 Å². The summed E-state index contributed by atoms with van der Waals surface area (Å²) in [6, 6.07) is 11.4. The Balaban J connectivity index is 2.32. The van der Waals surface area contributed by atoms with Crippen LogP contribution >= 0.6 is 0 Å². The zero-order chi connectivity index (χ0) is 14.5. The van der Waals surface area contributed by atoms with Gasteiger partial charge in [-0.25, -0.2) is 4.79 Å². The average Bonchev–Trinajstić information content (AvgIpc) is 2.47. The van der Waals surface area contributed by atoms with Crippen molar-refractivity contribution in [1.29, 1.82) is 0 Å². The molecule has 0 amide bonds. The highest BCUT2D eigenvalue weighted by molar-refractivity contribution is 5.91. The van der Waals surface area contributed by atoms with Gasteiger partial charge < -0.3 is 19.3 Å². The molecule has 20 heavy (non-hydrogen) atoms. The molecule has 2 aromatic rings. The standard InChI is InChI=1S/C15H14O5/c1-18-10-3-5-11(6-4-10)20-14-9-12(19-2)7-8-13(14)15(16)17/h3-9H,1-2H3,(H,16,17). The molecule has 2 rings (SSSR count). The molecule has 0 bridgehead atoms. The minimum Gasteiger partial charge on any atom is -0.497 e. The smallest absolute Gasteiger partial charge is 0.339 e. The Bertz CT molecular complexity index is 604. The first kappa shape index (κ1) is 13.7. The van der Waals surface area contributed by atoms with E-state index in [9.17, 15) is 4.79 Å². The van der Waals surface area contributed by atoms with E-state index >= 15 is 0 Å². The Morgan fingerprint density at radius 3 is 2.00 bits per heavy atom. The zero-order valence-corrected chi connectivity index (χ0v) is 11.1. The van der Waals surface area contributed by atoms with Crippen LogP contribution < -0.4 is 14.2 Å². The van der Waals surface area contributed by atoms with Crippen molar-refractivity contribution < 1.29 is 24.1 Å². The first-order valence-electron chi connectivity index (χ1n) is 5.87. The van der Waals surface area contributed by atoms with Gasteiger partial charge in [-0.1, -0.05) is 0 Å². The van der Waals surface area contributed by atoms with Gasteiger partial charge in [-0.2, -0.15) is 0 Å². The minimum atomic E-state index is -1.06. The van der Waals surface area contributed by atoms with E-state index in [1.807, 2.05) is 0 Å². The van der Waals surface area contributed by atoms with E-state index in [2.05, 4.69) is 0 Å². The summed E-state index contributed by atoms with van der Waals surface area (Å²) >= 11 is 0. The molecule has 104 valence electrons. The Kier molecular flexibility index (Phi) is 4.10. The van der Waals surface area contributed by atoms with Gasteiger partial charge in [0.2, 0.25) is 0 Å². The second-order valence-corrected chi connectivity index (χ2v) is 3.94. The molecule has 0 fully saturated rings. The molecule has 0 heterocycles. The lowest BCUT2D eigenvalue weighted by atomic mass is 10.2. The summed E-state index contributed by atoms with van der Waals surface area (Å²) < 4.78 is 15.7. The summed E-state index contributed by atoms with van der Waals surface area (Å²) in [5.41, 5.74) is 0.0709. The van der Waals surface area contributed by atoms with Crippen LogP contribution in [0.1, 0.15) is 10.4 Å². The van der Waals surface area contributed by atoms with Crippen LogP contribution in [0.5, 0.6) is 23.0 Å². The van der Waals surface area contributed by atoms with Crippen LogP contribution in [0.15, 0.2) is 42.5 Å². The zero-order valence-electron chi connectivity index (χ0n) is 11.1. The van der Waals surface area contributed by atoms with E-state index < -0.39 is 5.97 Å². The summed E-state index contributed by atoms with van der Waals surface area (Å²) in [4.78, 5) is 11.2. The van der Waals surface area contributed by atoms with E-state index in [1.54, 1.807) is 37.4 Å². The third-order valence-corrected chi connectivity index (χ3v) is 2.71. The van der Waals surface area contributed by atoms with Crippen molar-refractivity contribution in [3.05, 3.63) is 48.0 Å². The second kappa shape index (κ2) is 5.97. The van der Waals surface area contributed by atoms with Gasteiger partial charge in [-0.3, -0.25) is 0 Å². The molecular weight excluding hydrogens is 260 g/mol. The molecule has 0 saturated heterocycles. The van der Waals surface area contributed by atoms with Crippen LogP contribution in [0.2, 0.25) is 0 Å². The molecule has 0 atom stereocenters. The summed E-state index contributed by atoms with van der Waals surface area (Å²) in [5, 5.41) is 9.15. The van der Waals surface area contributed by atoms with Crippen molar-refractivity contribution in [2.24, 2.45) is 0 Å². The highest BCUT2D eigenvalue weighted by Crippen LogP contribution is 2.30. The van der Waals surface area contributed by atoms with Crippen molar-refractivity contribution in [1.82, 2.24) is 0 Å². The van der Waals surface area contributed by atoms with Gasteiger partial charge in [0.25, 0.3) is 0 Å². The highest BCUT2D eigenvalue weighted by atomic mass is 16.5. The molecule has 0 aliphatic rings. The molecule has 1 N–H and O–H groups in total. The SMILES string of the molecule is COc1ccc(Oc2cc(OC)ccc2C(=O)O)cc1. The number of hydrogen-bond donors (Lipinski definition) is 1. The van der Waals surface area contributed by atoms with Crippen molar-refractivity contribution >= 4 is 5.97 Å². The van der Waals surface area contributed by atoms with Gasteiger partial charge >= 0.3 is 5.97 Å². The normalized spacial score (nSPS) is 9.90. The van der Waals surface area contributed by atoms with Gasteiger partial charge in [0.15, 0.2) is 0 Å². The number of ether oxygens (including phenoxy) is 3. The van der Waals surface area contributed by atoms with Crippen LogP contribution in [0, 0.1) is 0 Å². The van der Waals surface area contributed by atoms with E-state index in [-0.39, 0.29) is 11.3 Å². The molecule has 0 saturated carbocycles. The fourth-order valence-electron chi connectivity index (χ4n) is 1.66. The first-order valence-corrected chi connectivity index (χ1v) is 5.87. The van der Waals surface area contributed by atoms with E-state index in [0.29, 0.717) is 17.2 Å². The maximum Gasteiger partial charge on any atom is 0.339 e. The fraction of sp³-hybridized carbons (Fsp3) is 0.133. The number of carboxylic acid groups (broad SMARTS) is 1. The van der Waals surface area contributed by atoms with Gasteiger partial charge in [0, 0.05) is 6.07 Å². The van der Waals surface area contributed by atoms with E-state index in [0.717, 1.165) is 0 Å². The summed E-state index contributed by atoms with van der Waals surface area (Å²) in [6.07, 6.45) is 0. The lowest BCUT2D eigenvalue weighted by Gasteiger charge is -2.10. The van der Waals surface area contributed by atoms with E-state index in [4.69, 9.17) is 19.3 Å². The highest BCUT2D eigenvalue weighted by Gasteiger charge is 2.13. The van der Waals surface area contributed by atoms with Crippen LogP contribution in [0.25, 0.3) is 0 Å². The molecule has 0 spiro atoms. The molecular formula is C15H14O5. The Hall–Kier alpha value is -2.69. The Morgan fingerprint density at radius 2 is 1.45 bits per heavy atom. The third-order valence-electron chi connectivity index (χ3n) is 2.71. The van der Waals surface area contributed by atoms with Gasteiger partial charge in [0.05, 0.1) is 14.2 Å². The largest absolute Gasteiger partial charge is 0.497 e. The van der Waals surface area contributed by atoms with Gasteiger partial charge in [-0.15, -0.1) is 0 Å². The topological polar surface area (TPSA) is 65.0 Å². The molecule has 0 unspecified atom stereocenters. The summed E-state index contributed by atoms with van der Waals surface area (Å²) in [5.74, 6) is 0.902. The van der Waals surface area contributed by atoms with Crippen molar-refractivity contribution in [3.8, 4) is 23.0 Å². The van der Waals surface area contributed by atoms with Gasteiger partial charge in [-0.05, 0) is 36.4 Å². The predicted octanol–water partition coefficient (Wildman–Crippen LogP) is 3.19. The van der Waals surface area contributed by atoms with Crippen molar-refractivity contribution in [2.75, 3.05) is 14.2 Å². The molecule has 0 aromatic heterocycles. The predicted molar refractivity (Wildman–Crippen MR) is 73.0 cm³/mol. The third kappa shape index (κ3) is 3.00. The maximum atomic E-state index is 11.2. The maximum absolute atomic E-state index is 11.2. The molecule has 5 nitrogen and oxygen atoms in total. The average molecular weight is 274 g/mol. The molecule has 0 radical (unpaired) electrons. The van der Waals surface area contributed by atoms with Crippen LogP contribution in [0.4, 0.5) is 0 Å². The number of hydrogen-bond acceptors (Lipinski definition) is 4. The van der Waals surface area contributed by atoms with E-state index in [1.165, 1.54) is 19.2 Å². The molecule has 5 heteroatoms. The number of carbonyl (C=O) groups is 1. The summed E-state index contributed by atoms with van der Waals surface area (Å²) in [7, 11) is 3.08. The fourth-order valence-corrected chi connectivity index (χ4v) is 1.66. The quantitative estimate of drug-likeness (QED) is 0.907. The Morgan fingerprint density at radius 1 is 0.900 bits per heavy atom. The van der Waals surface area contributed by atoms with Crippen LogP contribution in [-0.4, -0.2) is 25.3 Å². The molecule has 0 aliphatic carbocycles.